The highest BCUT2D eigenvalue weighted by atomic mass is 32.1. The summed E-state index contributed by atoms with van der Waals surface area (Å²) >= 11 is 1.71. The summed E-state index contributed by atoms with van der Waals surface area (Å²) in [4.78, 5) is 6.77. The summed E-state index contributed by atoms with van der Waals surface area (Å²) in [6, 6.07) is 0.700. The Kier molecular flexibility index (Phi) is 3.15. The van der Waals surface area contributed by atoms with Crippen molar-refractivity contribution in [3.8, 4) is 0 Å². The zero-order valence-electron chi connectivity index (χ0n) is 8.44. The third kappa shape index (κ3) is 2.53. The van der Waals surface area contributed by atoms with E-state index in [1.807, 2.05) is 6.92 Å². The van der Waals surface area contributed by atoms with Gasteiger partial charge in [0, 0.05) is 23.7 Å². The Bertz CT molecular complexity index is 296. The Hall–Kier alpha value is -0.450. The Morgan fingerprint density at radius 1 is 1.64 bits per heavy atom. The van der Waals surface area contributed by atoms with Gasteiger partial charge in [-0.2, -0.15) is 0 Å². The summed E-state index contributed by atoms with van der Waals surface area (Å²) in [5, 5.41) is 12.2. The van der Waals surface area contributed by atoms with Crippen molar-refractivity contribution >= 4 is 11.3 Å². The maximum absolute atomic E-state index is 8.94. The summed E-state index contributed by atoms with van der Waals surface area (Å²) in [5.74, 6) is 0. The van der Waals surface area contributed by atoms with Crippen molar-refractivity contribution in [1.29, 1.82) is 0 Å². The van der Waals surface area contributed by atoms with Crippen LogP contribution in [0.2, 0.25) is 0 Å². The first kappa shape index (κ1) is 10.1. The highest BCUT2D eigenvalue weighted by molar-refractivity contribution is 7.09. The molecular formula is C10H16N2OS. The number of rotatable bonds is 5. The fourth-order valence-electron chi connectivity index (χ4n) is 1.61. The van der Waals surface area contributed by atoms with Crippen molar-refractivity contribution in [3.63, 3.8) is 0 Å². The largest absolute Gasteiger partial charge is 0.395 e. The van der Waals surface area contributed by atoms with Gasteiger partial charge in [0.05, 0.1) is 13.2 Å². The predicted molar refractivity (Wildman–Crippen MR) is 57.4 cm³/mol. The van der Waals surface area contributed by atoms with E-state index >= 15 is 0 Å². The van der Waals surface area contributed by atoms with E-state index in [0.717, 1.165) is 18.8 Å². The Morgan fingerprint density at radius 2 is 2.43 bits per heavy atom. The Balaban J connectivity index is 1.92. The molecule has 0 aromatic carbocycles. The molecule has 1 aromatic heterocycles. The van der Waals surface area contributed by atoms with Gasteiger partial charge in [-0.05, 0) is 19.8 Å². The van der Waals surface area contributed by atoms with Gasteiger partial charge in [0.25, 0.3) is 0 Å². The molecular weight excluding hydrogens is 196 g/mol. The molecule has 0 amide bonds. The zero-order valence-corrected chi connectivity index (χ0v) is 9.26. The maximum atomic E-state index is 8.94. The molecule has 0 radical (unpaired) electrons. The monoisotopic (exact) mass is 212 g/mol. The van der Waals surface area contributed by atoms with E-state index in [2.05, 4.69) is 15.3 Å². The van der Waals surface area contributed by atoms with Gasteiger partial charge in [0.2, 0.25) is 0 Å². The highest BCUT2D eigenvalue weighted by Gasteiger charge is 2.28. The molecule has 3 nitrogen and oxygen atoms in total. The lowest BCUT2D eigenvalue weighted by Crippen LogP contribution is -2.28. The van der Waals surface area contributed by atoms with E-state index in [-0.39, 0.29) is 6.61 Å². The first-order valence-corrected chi connectivity index (χ1v) is 5.93. The van der Waals surface area contributed by atoms with Crippen molar-refractivity contribution in [1.82, 2.24) is 9.88 Å². The lowest BCUT2D eigenvalue weighted by molar-refractivity contribution is 0.183. The molecule has 1 aromatic rings. The molecule has 2 rings (SSSR count). The maximum Gasteiger partial charge on any atom is 0.107 e. The second kappa shape index (κ2) is 4.38. The van der Waals surface area contributed by atoms with Crippen LogP contribution in [0.25, 0.3) is 0 Å². The van der Waals surface area contributed by atoms with Crippen molar-refractivity contribution in [2.75, 3.05) is 13.2 Å². The van der Waals surface area contributed by atoms with Gasteiger partial charge in [-0.1, -0.05) is 0 Å². The van der Waals surface area contributed by atoms with Gasteiger partial charge in [-0.25, -0.2) is 4.98 Å². The quantitative estimate of drug-likeness (QED) is 0.801. The molecule has 4 heteroatoms. The molecule has 1 N–H and O–H groups in total. The number of aliphatic hydroxyl groups is 1. The standard InChI is InChI=1S/C10H16N2OS/c1-8-7-14-10(11-8)6-12(4-5-13)9-2-3-9/h7,9,13H,2-6H2,1H3. The summed E-state index contributed by atoms with van der Waals surface area (Å²) in [7, 11) is 0. The van der Waals surface area contributed by atoms with E-state index in [0.29, 0.717) is 6.04 Å². The van der Waals surface area contributed by atoms with Gasteiger partial charge < -0.3 is 5.11 Å². The molecule has 0 bridgehead atoms. The van der Waals surface area contributed by atoms with Crippen LogP contribution in [-0.2, 0) is 6.54 Å². The van der Waals surface area contributed by atoms with Gasteiger partial charge in [-0.3, -0.25) is 4.90 Å². The van der Waals surface area contributed by atoms with Gasteiger partial charge >= 0.3 is 0 Å². The van der Waals surface area contributed by atoms with E-state index in [4.69, 9.17) is 5.11 Å². The summed E-state index contributed by atoms with van der Waals surface area (Å²) in [5.41, 5.74) is 1.10. The van der Waals surface area contributed by atoms with E-state index in [1.54, 1.807) is 11.3 Å². The smallest absolute Gasteiger partial charge is 0.107 e. The van der Waals surface area contributed by atoms with Crippen LogP contribution in [0.4, 0.5) is 0 Å². The number of aryl methyl sites for hydroxylation is 1. The number of nitrogens with zero attached hydrogens (tertiary/aromatic N) is 2. The molecule has 78 valence electrons. The van der Waals surface area contributed by atoms with E-state index in [9.17, 15) is 0 Å². The molecule has 0 aliphatic heterocycles. The Morgan fingerprint density at radius 3 is 2.93 bits per heavy atom. The molecule has 1 aliphatic carbocycles. The summed E-state index contributed by atoms with van der Waals surface area (Å²) in [6.07, 6.45) is 2.56. The molecule has 0 atom stereocenters. The van der Waals surface area contributed by atoms with Crippen LogP contribution in [0.1, 0.15) is 23.5 Å². The summed E-state index contributed by atoms with van der Waals surface area (Å²) < 4.78 is 0. The zero-order chi connectivity index (χ0) is 9.97. The van der Waals surface area contributed by atoms with Gasteiger partial charge in [-0.15, -0.1) is 11.3 Å². The third-order valence-electron chi connectivity index (χ3n) is 2.46. The number of aliphatic hydroxyl groups excluding tert-OH is 1. The minimum atomic E-state index is 0.251. The van der Waals surface area contributed by atoms with Crippen LogP contribution in [0.3, 0.4) is 0 Å². The minimum absolute atomic E-state index is 0.251. The molecule has 14 heavy (non-hydrogen) atoms. The van der Waals surface area contributed by atoms with E-state index < -0.39 is 0 Å². The second-order valence-electron chi connectivity index (χ2n) is 3.81. The number of aromatic nitrogens is 1. The highest BCUT2D eigenvalue weighted by Crippen LogP contribution is 2.28. The first-order chi connectivity index (χ1) is 6.79. The van der Waals surface area contributed by atoms with Gasteiger partial charge in [0.1, 0.15) is 5.01 Å². The summed E-state index contributed by atoms with van der Waals surface area (Å²) in [6.45, 7) is 3.96. The average molecular weight is 212 g/mol. The fraction of sp³-hybridized carbons (Fsp3) is 0.700. The molecule has 0 saturated heterocycles. The minimum Gasteiger partial charge on any atom is -0.395 e. The molecule has 1 saturated carbocycles. The van der Waals surface area contributed by atoms with Crippen molar-refractivity contribution in [2.45, 2.75) is 32.4 Å². The van der Waals surface area contributed by atoms with Crippen molar-refractivity contribution in [2.24, 2.45) is 0 Å². The second-order valence-corrected chi connectivity index (χ2v) is 4.75. The molecule has 0 unspecified atom stereocenters. The van der Waals surface area contributed by atoms with Crippen LogP contribution < -0.4 is 0 Å². The number of hydrogen-bond acceptors (Lipinski definition) is 4. The average Bonchev–Trinajstić information content (AvgIpc) is 2.91. The SMILES string of the molecule is Cc1csc(CN(CCO)C2CC2)n1. The van der Waals surface area contributed by atoms with Crippen LogP contribution in [0, 0.1) is 6.92 Å². The van der Waals surface area contributed by atoms with Crippen LogP contribution in [-0.4, -0.2) is 34.2 Å². The Labute approximate surface area is 88.4 Å². The number of thiazole rings is 1. The molecule has 1 aliphatic rings. The van der Waals surface area contributed by atoms with Crippen molar-refractivity contribution in [3.05, 3.63) is 16.1 Å². The lowest BCUT2D eigenvalue weighted by atomic mass is 10.4. The third-order valence-corrected chi connectivity index (χ3v) is 3.41. The molecule has 1 heterocycles. The van der Waals surface area contributed by atoms with Crippen molar-refractivity contribution < 1.29 is 5.11 Å². The van der Waals surface area contributed by atoms with Crippen LogP contribution in [0.15, 0.2) is 5.38 Å². The van der Waals surface area contributed by atoms with E-state index in [1.165, 1.54) is 17.8 Å². The molecule has 0 spiro atoms. The predicted octanol–water partition coefficient (Wildman–Crippen LogP) is 1.41. The lowest BCUT2D eigenvalue weighted by Gasteiger charge is -2.18. The van der Waals surface area contributed by atoms with Gasteiger partial charge in [0.15, 0.2) is 0 Å². The fourth-order valence-corrected chi connectivity index (χ4v) is 2.40. The number of hydrogen-bond donors (Lipinski definition) is 1. The topological polar surface area (TPSA) is 36.4 Å². The normalized spacial score (nSPS) is 16.5. The molecule has 1 fully saturated rings. The first-order valence-electron chi connectivity index (χ1n) is 5.05. The van der Waals surface area contributed by atoms with Crippen LogP contribution >= 0.6 is 11.3 Å². The van der Waals surface area contributed by atoms with Crippen LogP contribution in [0.5, 0.6) is 0 Å².